The number of nitrogens with zero attached hydrogens (tertiary/aromatic N) is 1. The van der Waals surface area contributed by atoms with Crippen LogP contribution >= 0.6 is 0 Å². The zero-order valence-electron chi connectivity index (χ0n) is 33.7. The largest absolute Gasteiger partial charge is 0.497 e. The number of rotatable bonds is 20. The Kier molecular flexibility index (Phi) is 15.6. The summed E-state index contributed by atoms with van der Waals surface area (Å²) in [5.74, 6) is -1.07. The number of ether oxygens (including phenoxy) is 3. The van der Waals surface area contributed by atoms with E-state index < -0.39 is 58.3 Å². The Morgan fingerprint density at radius 3 is 2.06 bits per heavy atom. The Balaban J connectivity index is 2.51. The van der Waals surface area contributed by atoms with Crippen LogP contribution in [0.15, 0.2) is 36.9 Å². The lowest BCUT2D eigenvalue weighted by atomic mass is 9.78. The van der Waals surface area contributed by atoms with Crippen LogP contribution in [0.3, 0.4) is 0 Å². The molecule has 0 aliphatic carbocycles. The normalized spacial score (nSPS) is 22.2. The third-order valence-corrected chi connectivity index (χ3v) is 20.4. The van der Waals surface area contributed by atoms with Gasteiger partial charge in [0.15, 0.2) is 16.6 Å². The molecule has 2 rings (SSSR count). The Hall–Kier alpha value is -1.62. The number of aliphatic hydroxyl groups is 2. The zero-order chi connectivity index (χ0) is 38.5. The van der Waals surface area contributed by atoms with Crippen LogP contribution in [0.4, 0.5) is 0 Å². The van der Waals surface area contributed by atoms with Gasteiger partial charge in [-0.1, -0.05) is 66.7 Å². The number of aliphatic hydroxyl groups excluding tert-OH is 2. The fourth-order valence-electron chi connectivity index (χ4n) is 5.69. The Bertz CT molecular complexity index is 1230. The minimum absolute atomic E-state index is 0.0193. The Morgan fingerprint density at radius 1 is 1.02 bits per heavy atom. The first-order chi connectivity index (χ1) is 22.9. The third kappa shape index (κ3) is 11.2. The molecule has 1 saturated heterocycles. The molecule has 1 heterocycles. The molecule has 0 bridgehead atoms. The van der Waals surface area contributed by atoms with E-state index in [2.05, 4.69) is 88.2 Å². The molecule has 0 saturated carbocycles. The number of amides is 1. The molecule has 1 amide bonds. The van der Waals surface area contributed by atoms with Gasteiger partial charge in [0.05, 0.1) is 58.3 Å². The number of epoxide rings is 1. The van der Waals surface area contributed by atoms with E-state index in [1.807, 2.05) is 24.3 Å². The van der Waals surface area contributed by atoms with E-state index >= 15 is 0 Å². The quantitative estimate of drug-likeness (QED) is 0.0633. The standard InChI is InChI=1S/C38H69NO9Si2/c1-17-29(31(40)22-32(41)39(10)44-12)33(42)30(25-46-49(13,14)36(3,4)5)35(48-50(15,16)37(6,7)8)38(9)34(47-38)26(2)23-45-24-27-18-20-28(43-11)21-19-27/h17-21,26,29-31,33-35,40,42H,1,22-25H2,2-16H3/t26-,29-,30-,31-,33+,34+,35-,38+/m0/s1. The van der Waals surface area contributed by atoms with Gasteiger partial charge in [0.1, 0.15) is 11.4 Å². The Morgan fingerprint density at radius 2 is 1.58 bits per heavy atom. The molecule has 0 aromatic heterocycles. The lowest BCUT2D eigenvalue weighted by Crippen LogP contribution is -2.57. The molecule has 0 unspecified atom stereocenters. The smallest absolute Gasteiger partial charge is 0.248 e. The van der Waals surface area contributed by atoms with Gasteiger partial charge in [-0.15, -0.1) is 6.58 Å². The molecule has 50 heavy (non-hydrogen) atoms. The highest BCUT2D eigenvalue weighted by Crippen LogP contribution is 2.51. The minimum Gasteiger partial charge on any atom is -0.497 e. The van der Waals surface area contributed by atoms with Gasteiger partial charge in [0.25, 0.3) is 0 Å². The molecule has 10 nitrogen and oxygen atoms in total. The van der Waals surface area contributed by atoms with Crippen LogP contribution in [-0.4, -0.2) is 102 Å². The summed E-state index contributed by atoms with van der Waals surface area (Å²) in [4.78, 5) is 17.8. The number of methoxy groups -OCH3 is 1. The number of hydrogen-bond donors (Lipinski definition) is 2. The predicted molar refractivity (Wildman–Crippen MR) is 204 cm³/mol. The average molecular weight is 740 g/mol. The summed E-state index contributed by atoms with van der Waals surface area (Å²) in [5, 5.41) is 24.6. The van der Waals surface area contributed by atoms with Gasteiger partial charge in [-0.25, -0.2) is 5.06 Å². The molecule has 1 aliphatic rings. The first kappa shape index (κ1) is 44.5. The van der Waals surface area contributed by atoms with Crippen molar-refractivity contribution in [1.82, 2.24) is 5.06 Å². The fourth-order valence-corrected chi connectivity index (χ4v) is 8.13. The summed E-state index contributed by atoms with van der Waals surface area (Å²) in [6.07, 6.45) is -1.90. The SMILES string of the molecule is C=C[C@H]([C@@H](O)[C@H](CO[Si](C)(C)C(C)(C)C)[C@H](O[Si](C)(C)C(C)(C)C)[C@]1(C)O[C@@H]1[C@@H](C)COCc1ccc(OC)cc1)[C@@H](O)CC(=O)N(C)OC. The second kappa shape index (κ2) is 17.5. The minimum atomic E-state index is -2.46. The van der Waals surface area contributed by atoms with Crippen molar-refractivity contribution < 1.29 is 42.9 Å². The lowest BCUT2D eigenvalue weighted by molar-refractivity contribution is -0.172. The highest BCUT2D eigenvalue weighted by atomic mass is 28.4. The number of benzene rings is 1. The summed E-state index contributed by atoms with van der Waals surface area (Å²) >= 11 is 0. The van der Waals surface area contributed by atoms with Crippen LogP contribution in [0.2, 0.25) is 36.3 Å². The lowest BCUT2D eigenvalue weighted by Gasteiger charge is -2.46. The van der Waals surface area contributed by atoms with Crippen molar-refractivity contribution in [3.8, 4) is 5.75 Å². The molecule has 288 valence electrons. The van der Waals surface area contributed by atoms with E-state index in [0.29, 0.717) is 13.2 Å². The van der Waals surface area contributed by atoms with E-state index in [1.54, 1.807) is 7.11 Å². The molecule has 1 fully saturated rings. The van der Waals surface area contributed by atoms with Crippen molar-refractivity contribution >= 4 is 22.5 Å². The van der Waals surface area contributed by atoms with Gasteiger partial charge in [0, 0.05) is 31.4 Å². The van der Waals surface area contributed by atoms with Crippen molar-refractivity contribution in [2.45, 2.75) is 135 Å². The second-order valence-electron chi connectivity index (χ2n) is 17.2. The highest BCUT2D eigenvalue weighted by Gasteiger charge is 2.64. The molecular formula is C38H69NO9Si2. The van der Waals surface area contributed by atoms with Crippen LogP contribution in [0.1, 0.15) is 67.4 Å². The van der Waals surface area contributed by atoms with E-state index in [4.69, 9.17) is 27.9 Å². The van der Waals surface area contributed by atoms with Crippen molar-refractivity contribution in [3.63, 3.8) is 0 Å². The van der Waals surface area contributed by atoms with E-state index in [0.717, 1.165) is 16.4 Å². The van der Waals surface area contributed by atoms with Crippen LogP contribution in [-0.2, 0) is 34.6 Å². The number of carbonyl (C=O) groups excluding carboxylic acids is 1. The first-order valence-electron chi connectivity index (χ1n) is 17.9. The van der Waals surface area contributed by atoms with E-state index in [-0.39, 0.29) is 35.1 Å². The van der Waals surface area contributed by atoms with Gasteiger partial charge in [0.2, 0.25) is 5.91 Å². The maximum Gasteiger partial charge on any atom is 0.248 e. The van der Waals surface area contributed by atoms with E-state index in [9.17, 15) is 15.0 Å². The van der Waals surface area contributed by atoms with Gasteiger partial charge >= 0.3 is 0 Å². The highest BCUT2D eigenvalue weighted by molar-refractivity contribution is 6.74. The maximum atomic E-state index is 12.7. The Labute approximate surface area is 305 Å². The zero-order valence-corrected chi connectivity index (χ0v) is 35.7. The molecule has 8 atom stereocenters. The second-order valence-corrected chi connectivity index (χ2v) is 26.8. The molecule has 12 heteroatoms. The van der Waals surface area contributed by atoms with Crippen LogP contribution in [0.25, 0.3) is 0 Å². The van der Waals surface area contributed by atoms with E-state index in [1.165, 1.54) is 20.2 Å². The van der Waals surface area contributed by atoms with Crippen molar-refractivity contribution in [2.75, 3.05) is 34.5 Å². The summed E-state index contributed by atoms with van der Waals surface area (Å²) < 4.78 is 32.2. The average Bonchev–Trinajstić information content (AvgIpc) is 3.71. The molecular weight excluding hydrogens is 671 g/mol. The summed E-state index contributed by atoms with van der Waals surface area (Å²) in [6, 6.07) is 7.82. The summed E-state index contributed by atoms with van der Waals surface area (Å²) in [6.45, 7) is 31.1. The van der Waals surface area contributed by atoms with Gasteiger partial charge in [-0.2, -0.15) is 0 Å². The fraction of sp³-hybridized carbons (Fsp3) is 0.763. The molecule has 1 aromatic carbocycles. The third-order valence-electron chi connectivity index (χ3n) is 11.4. The van der Waals surface area contributed by atoms with Crippen LogP contribution < -0.4 is 4.74 Å². The number of carbonyl (C=O) groups is 1. The maximum absolute atomic E-state index is 12.7. The van der Waals surface area contributed by atoms with Crippen molar-refractivity contribution in [1.29, 1.82) is 0 Å². The molecule has 0 radical (unpaired) electrons. The topological polar surface area (TPSA) is 119 Å². The van der Waals surface area contributed by atoms with Crippen molar-refractivity contribution in [2.24, 2.45) is 17.8 Å². The predicted octanol–water partition coefficient (Wildman–Crippen LogP) is 6.97. The van der Waals surface area contributed by atoms with Gasteiger partial charge in [-0.3, -0.25) is 9.63 Å². The number of hydroxylamine groups is 2. The monoisotopic (exact) mass is 739 g/mol. The molecule has 1 aliphatic heterocycles. The molecule has 0 spiro atoms. The first-order valence-corrected chi connectivity index (χ1v) is 23.7. The van der Waals surface area contributed by atoms with Crippen LogP contribution in [0, 0.1) is 17.8 Å². The molecule has 2 N–H and O–H groups in total. The summed E-state index contributed by atoms with van der Waals surface area (Å²) in [7, 11) is -0.236. The molecule has 1 aromatic rings. The number of hydrogen-bond acceptors (Lipinski definition) is 9. The van der Waals surface area contributed by atoms with Crippen LogP contribution in [0.5, 0.6) is 5.75 Å². The van der Waals surface area contributed by atoms with Gasteiger partial charge in [-0.05, 0) is 60.9 Å². The summed E-state index contributed by atoms with van der Waals surface area (Å²) in [5.41, 5.74) is 0.274. The van der Waals surface area contributed by atoms with Gasteiger partial charge < -0.3 is 33.3 Å². The van der Waals surface area contributed by atoms with Crippen molar-refractivity contribution in [3.05, 3.63) is 42.5 Å².